The molecule has 2 aliphatic heterocycles. The molecule has 2 aliphatic rings. The van der Waals surface area contributed by atoms with Crippen molar-refractivity contribution >= 4 is 41.7 Å². The van der Waals surface area contributed by atoms with Gasteiger partial charge in [-0.2, -0.15) is 11.8 Å². The second kappa shape index (κ2) is 14.3. The molecule has 166 valence electrons. The summed E-state index contributed by atoms with van der Waals surface area (Å²) >= 11 is 2.05. The molecule has 0 saturated carbocycles. The highest BCUT2D eigenvalue weighted by Gasteiger charge is 2.32. The SMILES string of the molecule is CCNC(=NCC1(SCC)CCOCC1)NCC(C(C)C)N1CCOCC1.I. The van der Waals surface area contributed by atoms with Crippen molar-refractivity contribution in [1.29, 1.82) is 0 Å². The Bertz CT molecular complexity index is 436. The van der Waals surface area contributed by atoms with Crippen LogP contribution < -0.4 is 10.6 Å². The monoisotopic (exact) mass is 528 g/mol. The Morgan fingerprint density at radius 3 is 2.29 bits per heavy atom. The Morgan fingerprint density at radius 1 is 1.07 bits per heavy atom. The van der Waals surface area contributed by atoms with Crippen LogP contribution in [0.2, 0.25) is 0 Å². The van der Waals surface area contributed by atoms with E-state index in [1.165, 1.54) is 0 Å². The number of ether oxygens (including phenoxy) is 2. The van der Waals surface area contributed by atoms with Crippen LogP contribution in [0.1, 0.15) is 40.5 Å². The van der Waals surface area contributed by atoms with E-state index in [0.717, 1.165) is 83.7 Å². The maximum atomic E-state index is 5.59. The Morgan fingerprint density at radius 2 is 1.71 bits per heavy atom. The van der Waals surface area contributed by atoms with Gasteiger partial charge in [-0.15, -0.1) is 24.0 Å². The third-order valence-corrected chi connectivity index (χ3v) is 6.93. The van der Waals surface area contributed by atoms with E-state index in [2.05, 4.69) is 43.2 Å². The number of morpholine rings is 1. The van der Waals surface area contributed by atoms with Gasteiger partial charge in [-0.1, -0.05) is 20.8 Å². The van der Waals surface area contributed by atoms with Crippen LogP contribution in [0.3, 0.4) is 0 Å². The van der Waals surface area contributed by atoms with Crippen LogP contribution in [0.5, 0.6) is 0 Å². The Balaban J connectivity index is 0.00000392. The first-order chi connectivity index (χ1) is 13.1. The van der Waals surface area contributed by atoms with E-state index in [1.807, 2.05) is 11.8 Å². The Kier molecular flexibility index (Phi) is 13.4. The Hall–Kier alpha value is 0.230. The maximum Gasteiger partial charge on any atom is 0.191 e. The lowest BCUT2D eigenvalue weighted by Crippen LogP contribution is -2.52. The van der Waals surface area contributed by atoms with Gasteiger partial charge >= 0.3 is 0 Å². The zero-order valence-electron chi connectivity index (χ0n) is 18.2. The molecule has 0 bridgehead atoms. The van der Waals surface area contributed by atoms with Crippen LogP contribution in [-0.4, -0.2) is 86.6 Å². The van der Waals surface area contributed by atoms with Gasteiger partial charge in [0.05, 0.1) is 19.8 Å². The summed E-state index contributed by atoms with van der Waals surface area (Å²) in [5.74, 6) is 2.67. The van der Waals surface area contributed by atoms with Crippen molar-refractivity contribution in [2.24, 2.45) is 10.9 Å². The van der Waals surface area contributed by atoms with Crippen LogP contribution in [0.4, 0.5) is 0 Å². The summed E-state index contributed by atoms with van der Waals surface area (Å²) in [5, 5.41) is 7.05. The van der Waals surface area contributed by atoms with Crippen molar-refractivity contribution in [3.8, 4) is 0 Å². The van der Waals surface area contributed by atoms with Crippen LogP contribution in [0.25, 0.3) is 0 Å². The normalized spacial score (nSPS) is 21.8. The van der Waals surface area contributed by atoms with Gasteiger partial charge in [0, 0.05) is 50.2 Å². The molecule has 0 aromatic heterocycles. The molecule has 2 saturated heterocycles. The molecule has 0 spiro atoms. The van der Waals surface area contributed by atoms with Crippen molar-refractivity contribution in [3.05, 3.63) is 0 Å². The third-order valence-electron chi connectivity index (χ3n) is 5.49. The highest BCUT2D eigenvalue weighted by molar-refractivity contribution is 14.0. The van der Waals surface area contributed by atoms with E-state index < -0.39 is 0 Å². The zero-order valence-corrected chi connectivity index (χ0v) is 21.3. The van der Waals surface area contributed by atoms with E-state index in [4.69, 9.17) is 14.5 Å². The molecular formula is C20H41IN4O2S. The highest BCUT2D eigenvalue weighted by Crippen LogP contribution is 2.35. The summed E-state index contributed by atoms with van der Waals surface area (Å²) in [4.78, 5) is 7.53. The fourth-order valence-corrected chi connectivity index (χ4v) is 5.08. The lowest BCUT2D eigenvalue weighted by Gasteiger charge is -2.37. The van der Waals surface area contributed by atoms with Crippen molar-refractivity contribution in [1.82, 2.24) is 15.5 Å². The fraction of sp³-hybridized carbons (Fsp3) is 0.950. The van der Waals surface area contributed by atoms with Gasteiger partial charge in [0.1, 0.15) is 0 Å². The van der Waals surface area contributed by atoms with Gasteiger partial charge in [0.25, 0.3) is 0 Å². The third kappa shape index (κ3) is 8.53. The van der Waals surface area contributed by atoms with Gasteiger partial charge in [-0.3, -0.25) is 9.89 Å². The van der Waals surface area contributed by atoms with Gasteiger partial charge in [-0.05, 0) is 31.4 Å². The molecule has 2 heterocycles. The Labute approximate surface area is 193 Å². The molecule has 6 nitrogen and oxygen atoms in total. The summed E-state index contributed by atoms with van der Waals surface area (Å²) in [6, 6.07) is 0.500. The zero-order chi connectivity index (χ0) is 19.5. The smallest absolute Gasteiger partial charge is 0.191 e. The molecular weight excluding hydrogens is 487 g/mol. The highest BCUT2D eigenvalue weighted by atomic mass is 127. The minimum atomic E-state index is 0. The lowest BCUT2D eigenvalue weighted by molar-refractivity contribution is 0.00752. The summed E-state index contributed by atoms with van der Waals surface area (Å²) in [7, 11) is 0. The first-order valence-corrected chi connectivity index (χ1v) is 11.6. The lowest BCUT2D eigenvalue weighted by atomic mass is 9.99. The average molecular weight is 529 g/mol. The van der Waals surface area contributed by atoms with E-state index in [-0.39, 0.29) is 28.7 Å². The molecule has 1 atom stereocenters. The average Bonchev–Trinajstić information content (AvgIpc) is 2.68. The number of nitrogens with one attached hydrogen (secondary N) is 2. The van der Waals surface area contributed by atoms with E-state index in [9.17, 15) is 0 Å². The molecule has 0 radical (unpaired) electrons. The number of aliphatic imine (C=N–C) groups is 1. The number of rotatable bonds is 9. The van der Waals surface area contributed by atoms with Crippen molar-refractivity contribution < 1.29 is 9.47 Å². The van der Waals surface area contributed by atoms with Crippen LogP contribution in [0, 0.1) is 5.92 Å². The maximum absolute atomic E-state index is 5.59. The predicted octanol–water partition coefficient (Wildman–Crippen LogP) is 2.82. The first-order valence-electron chi connectivity index (χ1n) is 10.7. The second-order valence-electron chi connectivity index (χ2n) is 7.76. The van der Waals surface area contributed by atoms with Crippen LogP contribution in [0.15, 0.2) is 4.99 Å². The van der Waals surface area contributed by atoms with Crippen molar-refractivity contribution in [3.63, 3.8) is 0 Å². The number of hydrogen-bond acceptors (Lipinski definition) is 5. The molecule has 2 fully saturated rings. The van der Waals surface area contributed by atoms with Gasteiger partial charge < -0.3 is 20.1 Å². The molecule has 0 aromatic rings. The molecule has 28 heavy (non-hydrogen) atoms. The van der Waals surface area contributed by atoms with E-state index in [1.54, 1.807) is 0 Å². The molecule has 2 rings (SSSR count). The second-order valence-corrected chi connectivity index (χ2v) is 9.50. The number of thioether (sulfide) groups is 1. The number of guanidine groups is 1. The van der Waals surface area contributed by atoms with E-state index in [0.29, 0.717) is 12.0 Å². The standard InChI is InChI=1S/C20H40N4O2S.HI/c1-5-21-19(23-16-20(27-6-2)7-11-25-12-8-20)22-15-18(17(3)4)24-9-13-26-14-10-24;/h17-18H,5-16H2,1-4H3,(H2,21,22,23);1H. The largest absolute Gasteiger partial charge is 0.381 e. The first kappa shape index (κ1) is 26.3. The topological polar surface area (TPSA) is 58.1 Å². The number of nitrogens with zero attached hydrogens (tertiary/aromatic N) is 2. The number of halogens is 1. The molecule has 0 aliphatic carbocycles. The molecule has 8 heteroatoms. The minimum Gasteiger partial charge on any atom is -0.381 e. The summed E-state index contributed by atoms with van der Waals surface area (Å²) in [6.45, 7) is 17.1. The molecule has 0 amide bonds. The quantitative estimate of drug-likeness (QED) is 0.273. The summed E-state index contributed by atoms with van der Waals surface area (Å²) in [5.41, 5.74) is 0. The molecule has 1 unspecified atom stereocenters. The fourth-order valence-electron chi connectivity index (χ4n) is 3.86. The van der Waals surface area contributed by atoms with Crippen molar-refractivity contribution in [2.45, 2.75) is 51.3 Å². The van der Waals surface area contributed by atoms with Gasteiger partial charge in [0.15, 0.2) is 5.96 Å². The van der Waals surface area contributed by atoms with Gasteiger partial charge in [-0.25, -0.2) is 0 Å². The minimum absolute atomic E-state index is 0. The summed E-state index contributed by atoms with van der Waals surface area (Å²) < 4.78 is 11.3. The molecule has 2 N–H and O–H groups in total. The van der Waals surface area contributed by atoms with Gasteiger partial charge in [0.2, 0.25) is 0 Å². The summed E-state index contributed by atoms with van der Waals surface area (Å²) in [6.07, 6.45) is 2.19. The molecule has 0 aromatic carbocycles. The van der Waals surface area contributed by atoms with Crippen LogP contribution in [-0.2, 0) is 9.47 Å². The van der Waals surface area contributed by atoms with E-state index >= 15 is 0 Å². The number of hydrogen-bond donors (Lipinski definition) is 2. The van der Waals surface area contributed by atoms with Crippen molar-refractivity contribution in [2.75, 3.05) is 64.9 Å². The predicted molar refractivity (Wildman–Crippen MR) is 131 cm³/mol. The van der Waals surface area contributed by atoms with Crippen LogP contribution >= 0.6 is 35.7 Å².